The van der Waals surface area contributed by atoms with E-state index in [0.717, 1.165) is 85.1 Å². The van der Waals surface area contributed by atoms with Crippen molar-refractivity contribution in [3.8, 4) is 0 Å². The molecule has 2 aliphatic rings. The van der Waals surface area contributed by atoms with Gasteiger partial charge in [0.1, 0.15) is 17.9 Å². The number of amides is 1. The Labute approximate surface area is 189 Å². The lowest BCUT2D eigenvalue weighted by atomic mass is 9.85. The van der Waals surface area contributed by atoms with E-state index in [1.54, 1.807) is 0 Å². The molecule has 168 valence electrons. The third-order valence-electron chi connectivity index (χ3n) is 6.41. The van der Waals surface area contributed by atoms with Crippen LogP contribution in [0.4, 0.5) is 0 Å². The second-order valence-corrected chi connectivity index (χ2v) is 9.70. The van der Waals surface area contributed by atoms with Crippen LogP contribution in [-0.4, -0.2) is 53.9 Å². The number of benzene rings is 1. The maximum absolute atomic E-state index is 12.8. The number of fused-ring (bicyclic) bond motifs is 1. The van der Waals surface area contributed by atoms with Crippen LogP contribution in [0.2, 0.25) is 0 Å². The van der Waals surface area contributed by atoms with E-state index in [-0.39, 0.29) is 5.92 Å². The summed E-state index contributed by atoms with van der Waals surface area (Å²) in [6.07, 6.45) is 3.94. The minimum atomic E-state index is 0.193. The van der Waals surface area contributed by atoms with Crippen LogP contribution in [0.3, 0.4) is 0 Å². The molecule has 2 aromatic rings. The Hall–Kier alpha value is -2.15. The topological polar surface area (TPSA) is 69.9 Å². The average Bonchev–Trinajstić information content (AvgIpc) is 3.14. The lowest BCUT2D eigenvalue weighted by Gasteiger charge is -2.34. The molecule has 1 aromatic carbocycles. The van der Waals surface area contributed by atoms with Gasteiger partial charge in [0.05, 0.1) is 0 Å². The number of hydrogen-bond donors (Lipinski definition) is 2. The summed E-state index contributed by atoms with van der Waals surface area (Å²) < 4.78 is 6.01. The number of carbonyl (C=O) groups excluding carboxylic acids is 1. The predicted molar refractivity (Wildman–Crippen MR) is 129 cm³/mol. The number of nitrogens with one attached hydrogen (secondary N) is 2. The molecule has 1 saturated carbocycles. The van der Waals surface area contributed by atoms with Gasteiger partial charge in [-0.3, -0.25) is 4.79 Å². The van der Waals surface area contributed by atoms with Gasteiger partial charge in [-0.15, -0.1) is 0 Å². The number of rotatable bonds is 5. The normalized spacial score (nSPS) is 22.5. The van der Waals surface area contributed by atoms with Crippen LogP contribution in [0.5, 0.6) is 0 Å². The Morgan fingerprint density at radius 2 is 1.94 bits per heavy atom. The third kappa shape index (κ3) is 5.37. The van der Waals surface area contributed by atoms with Crippen LogP contribution < -0.4 is 10.6 Å². The summed E-state index contributed by atoms with van der Waals surface area (Å²) in [7, 11) is 0. The monoisotopic (exact) mass is 442 g/mol. The molecule has 1 aromatic heterocycles. The molecular formula is C24H34N4O2S. The molecule has 6 nitrogen and oxygen atoms in total. The fraction of sp³-hybridized carbons (Fsp3) is 0.583. The van der Waals surface area contributed by atoms with Gasteiger partial charge in [-0.1, -0.05) is 18.2 Å². The van der Waals surface area contributed by atoms with E-state index >= 15 is 0 Å². The maximum Gasteiger partial charge on any atom is 0.225 e. The fourth-order valence-electron chi connectivity index (χ4n) is 4.57. The third-order valence-corrected chi connectivity index (χ3v) is 7.35. The molecule has 1 aliphatic heterocycles. The zero-order valence-corrected chi connectivity index (χ0v) is 19.5. The highest BCUT2D eigenvalue weighted by atomic mass is 32.2. The van der Waals surface area contributed by atoms with Crippen molar-refractivity contribution in [3.05, 3.63) is 35.6 Å². The van der Waals surface area contributed by atoms with Gasteiger partial charge < -0.3 is 20.0 Å². The van der Waals surface area contributed by atoms with E-state index < -0.39 is 0 Å². The molecular weight excluding hydrogens is 408 g/mol. The van der Waals surface area contributed by atoms with E-state index in [1.807, 2.05) is 30.0 Å². The van der Waals surface area contributed by atoms with Crippen LogP contribution in [-0.2, 0) is 11.3 Å². The highest BCUT2D eigenvalue weighted by Crippen LogP contribution is 2.28. The first-order valence-corrected chi connectivity index (χ1v) is 12.7. The number of nitrogens with zero attached hydrogens (tertiary/aromatic N) is 2. The van der Waals surface area contributed by atoms with Gasteiger partial charge >= 0.3 is 0 Å². The zero-order valence-electron chi connectivity index (χ0n) is 18.7. The summed E-state index contributed by atoms with van der Waals surface area (Å²) in [5.41, 5.74) is 2.07. The first-order valence-electron chi connectivity index (χ1n) is 11.5. The van der Waals surface area contributed by atoms with Crippen LogP contribution in [0.15, 0.2) is 33.7 Å². The molecule has 2 heterocycles. The van der Waals surface area contributed by atoms with Crippen molar-refractivity contribution in [2.75, 3.05) is 31.1 Å². The molecule has 31 heavy (non-hydrogen) atoms. The Kier molecular flexibility index (Phi) is 7.43. The first-order chi connectivity index (χ1) is 15.2. The van der Waals surface area contributed by atoms with Crippen molar-refractivity contribution >= 4 is 34.6 Å². The quantitative estimate of drug-likeness (QED) is 0.542. The second-order valence-electron chi connectivity index (χ2n) is 8.47. The lowest BCUT2D eigenvalue weighted by Crippen LogP contribution is -2.47. The summed E-state index contributed by atoms with van der Waals surface area (Å²) in [5.74, 6) is 4.46. The second kappa shape index (κ2) is 10.4. The van der Waals surface area contributed by atoms with Gasteiger partial charge in [0.25, 0.3) is 0 Å². The zero-order chi connectivity index (χ0) is 21.6. The van der Waals surface area contributed by atoms with Gasteiger partial charge in [-0.25, -0.2) is 4.99 Å². The van der Waals surface area contributed by atoms with Crippen LogP contribution in [0, 0.1) is 12.8 Å². The Bertz CT molecular complexity index is 911. The van der Waals surface area contributed by atoms with E-state index in [1.165, 1.54) is 0 Å². The molecule has 0 spiro atoms. The smallest absolute Gasteiger partial charge is 0.225 e. The highest BCUT2D eigenvalue weighted by molar-refractivity contribution is 7.99. The van der Waals surface area contributed by atoms with Gasteiger partial charge in [-0.2, -0.15) is 11.8 Å². The van der Waals surface area contributed by atoms with Crippen molar-refractivity contribution in [1.29, 1.82) is 0 Å². The van der Waals surface area contributed by atoms with Crippen molar-refractivity contribution in [2.24, 2.45) is 10.9 Å². The molecule has 2 fully saturated rings. The van der Waals surface area contributed by atoms with Crippen molar-refractivity contribution < 1.29 is 9.21 Å². The molecule has 2 N–H and O–H groups in total. The molecule has 1 aliphatic carbocycles. The molecule has 0 bridgehead atoms. The standard InChI is InChI=1S/C24H34N4O2S/c1-3-25-24(26-16-22-17(2)20-6-4-5-7-21(20)30-22)27-19-10-8-18(9-11-19)23(29)28-12-14-31-15-13-28/h4-7,18-19H,3,8-16H2,1-2H3,(H2,25,26,27). The summed E-state index contributed by atoms with van der Waals surface area (Å²) in [6, 6.07) is 8.48. The van der Waals surface area contributed by atoms with E-state index in [4.69, 9.17) is 9.41 Å². The maximum atomic E-state index is 12.8. The van der Waals surface area contributed by atoms with E-state index in [0.29, 0.717) is 18.5 Å². The summed E-state index contributed by atoms with van der Waals surface area (Å²) in [4.78, 5) is 19.7. The SMILES string of the molecule is CCNC(=NCc1oc2ccccc2c1C)NC1CCC(C(=O)N2CCSCC2)CC1. The van der Waals surface area contributed by atoms with Crippen molar-refractivity contribution in [2.45, 2.75) is 52.1 Å². The van der Waals surface area contributed by atoms with Crippen LogP contribution in [0.1, 0.15) is 43.9 Å². The molecule has 1 saturated heterocycles. The number of furan rings is 1. The Balaban J connectivity index is 1.33. The molecule has 1 amide bonds. The number of para-hydroxylation sites is 1. The summed E-state index contributed by atoms with van der Waals surface area (Å²) in [6.45, 7) is 7.33. The summed E-state index contributed by atoms with van der Waals surface area (Å²) in [5, 5.41) is 8.10. The fourth-order valence-corrected chi connectivity index (χ4v) is 5.47. The lowest BCUT2D eigenvalue weighted by molar-refractivity contribution is -0.136. The minimum absolute atomic E-state index is 0.193. The van der Waals surface area contributed by atoms with E-state index in [2.05, 4.69) is 35.4 Å². The minimum Gasteiger partial charge on any atom is -0.459 e. The largest absolute Gasteiger partial charge is 0.459 e. The van der Waals surface area contributed by atoms with Crippen LogP contribution in [0.25, 0.3) is 11.0 Å². The number of hydrogen-bond acceptors (Lipinski definition) is 4. The van der Waals surface area contributed by atoms with Crippen molar-refractivity contribution in [3.63, 3.8) is 0 Å². The number of aliphatic imine (C=N–C) groups is 1. The van der Waals surface area contributed by atoms with Gasteiger partial charge in [0.2, 0.25) is 5.91 Å². The van der Waals surface area contributed by atoms with Crippen molar-refractivity contribution in [1.82, 2.24) is 15.5 Å². The highest BCUT2D eigenvalue weighted by Gasteiger charge is 2.30. The number of aryl methyl sites for hydroxylation is 1. The number of guanidine groups is 1. The molecule has 0 unspecified atom stereocenters. The van der Waals surface area contributed by atoms with Gasteiger partial charge in [0, 0.05) is 54.0 Å². The number of carbonyl (C=O) groups is 1. The van der Waals surface area contributed by atoms with Gasteiger partial charge in [0.15, 0.2) is 5.96 Å². The number of thioether (sulfide) groups is 1. The van der Waals surface area contributed by atoms with E-state index in [9.17, 15) is 4.79 Å². The summed E-state index contributed by atoms with van der Waals surface area (Å²) >= 11 is 1.95. The van der Waals surface area contributed by atoms with Gasteiger partial charge in [-0.05, 0) is 45.6 Å². The average molecular weight is 443 g/mol. The molecule has 0 atom stereocenters. The molecule has 4 rings (SSSR count). The predicted octanol–water partition coefficient (Wildman–Crippen LogP) is 3.93. The first kappa shape index (κ1) is 22.1. The Morgan fingerprint density at radius 3 is 2.65 bits per heavy atom. The Morgan fingerprint density at radius 1 is 1.19 bits per heavy atom. The molecule has 0 radical (unpaired) electrons. The molecule has 7 heteroatoms. The van der Waals surface area contributed by atoms with Crippen LogP contribution >= 0.6 is 11.8 Å².